The zero-order valence-corrected chi connectivity index (χ0v) is 18.0. The number of carbonyl (C=O) groups is 2. The van der Waals surface area contributed by atoms with Crippen molar-refractivity contribution in [2.45, 2.75) is 25.9 Å². The quantitative estimate of drug-likeness (QED) is 0.280. The Morgan fingerprint density at radius 1 is 1.06 bits per heavy atom. The first-order valence-electron chi connectivity index (χ1n) is 10.6. The molecular formula is C24H22N6O3. The Morgan fingerprint density at radius 2 is 1.94 bits per heavy atom. The number of hydrogen-bond donors (Lipinski definition) is 1. The molecule has 1 fully saturated rings. The molecule has 0 aromatic carbocycles. The highest BCUT2D eigenvalue weighted by Crippen LogP contribution is 2.39. The predicted octanol–water partition coefficient (Wildman–Crippen LogP) is 2.75. The van der Waals surface area contributed by atoms with E-state index in [1.807, 2.05) is 29.0 Å². The molecule has 5 rings (SSSR count). The first-order valence-corrected chi connectivity index (χ1v) is 10.6. The molecule has 1 aliphatic heterocycles. The lowest BCUT2D eigenvalue weighted by molar-refractivity contribution is -0.139. The van der Waals surface area contributed by atoms with Crippen molar-refractivity contribution in [3.63, 3.8) is 0 Å². The normalized spacial score (nSPS) is 17.8. The molecule has 4 aromatic heterocycles. The maximum atomic E-state index is 13.2. The van der Waals surface area contributed by atoms with Crippen molar-refractivity contribution in [3.05, 3.63) is 90.2 Å². The number of likely N-dealkylation sites (tertiary alicyclic amines) is 1. The van der Waals surface area contributed by atoms with Gasteiger partial charge >= 0.3 is 0 Å². The van der Waals surface area contributed by atoms with Crippen LogP contribution in [0.4, 0.5) is 0 Å². The van der Waals surface area contributed by atoms with Crippen LogP contribution in [0.3, 0.4) is 0 Å². The summed E-state index contributed by atoms with van der Waals surface area (Å²) in [6, 6.07) is 8.30. The van der Waals surface area contributed by atoms with Crippen molar-refractivity contribution in [1.29, 1.82) is 0 Å². The molecule has 5 heterocycles. The summed E-state index contributed by atoms with van der Waals surface area (Å²) in [4.78, 5) is 40.5. The van der Waals surface area contributed by atoms with Crippen LogP contribution in [0.1, 0.15) is 29.4 Å². The maximum absolute atomic E-state index is 13.2. The zero-order chi connectivity index (χ0) is 22.9. The number of rotatable bonds is 6. The van der Waals surface area contributed by atoms with E-state index in [1.165, 1.54) is 4.90 Å². The Labute approximate surface area is 189 Å². The third-order valence-corrected chi connectivity index (χ3v) is 5.84. The summed E-state index contributed by atoms with van der Waals surface area (Å²) < 4.78 is 3.63. The topological polar surface area (TPSA) is 106 Å². The summed E-state index contributed by atoms with van der Waals surface area (Å²) in [5, 5.41) is 11.4. The number of imidazole rings is 2. The molecule has 4 aromatic rings. The third-order valence-electron chi connectivity index (χ3n) is 5.84. The highest BCUT2D eigenvalue weighted by atomic mass is 16.3. The van der Waals surface area contributed by atoms with Crippen molar-refractivity contribution in [2.75, 3.05) is 6.54 Å². The first-order chi connectivity index (χ1) is 16.1. The molecule has 166 valence electrons. The number of aliphatic hydroxyl groups is 1. The average Bonchev–Trinajstić information content (AvgIpc) is 3.52. The number of fused-ring (bicyclic) bond motifs is 1. The van der Waals surface area contributed by atoms with Crippen LogP contribution in [-0.4, -0.2) is 52.2 Å². The fourth-order valence-electron chi connectivity index (χ4n) is 4.36. The van der Waals surface area contributed by atoms with Crippen LogP contribution in [0.5, 0.6) is 0 Å². The highest BCUT2D eigenvalue weighted by Gasteiger charge is 2.46. The van der Waals surface area contributed by atoms with Gasteiger partial charge in [0.25, 0.3) is 11.7 Å². The van der Waals surface area contributed by atoms with Gasteiger partial charge in [-0.05, 0) is 37.1 Å². The van der Waals surface area contributed by atoms with E-state index in [1.54, 1.807) is 54.6 Å². The second-order valence-electron chi connectivity index (χ2n) is 7.91. The summed E-state index contributed by atoms with van der Waals surface area (Å²) in [5.74, 6) is -1.59. The van der Waals surface area contributed by atoms with Gasteiger partial charge in [0, 0.05) is 44.1 Å². The largest absolute Gasteiger partial charge is 0.505 e. The van der Waals surface area contributed by atoms with Gasteiger partial charge in [-0.3, -0.25) is 19.0 Å². The molecule has 33 heavy (non-hydrogen) atoms. The van der Waals surface area contributed by atoms with Gasteiger partial charge in [0.2, 0.25) is 0 Å². The standard InChI is InChI=1S/C24H22N6O3/c1-16-20(29-11-3-2-7-18(29)27-16)22(31)19-21(17-6-4-8-25-14-17)30(24(33)23(19)32)12-5-10-28-13-9-26-15-28/h2-4,6-9,11,13-15,21,31H,5,10,12H2,1H3/t21-/m1/s1. The van der Waals surface area contributed by atoms with Crippen LogP contribution in [0.15, 0.2) is 73.2 Å². The van der Waals surface area contributed by atoms with E-state index in [4.69, 9.17) is 0 Å². The van der Waals surface area contributed by atoms with Gasteiger partial charge in [-0.15, -0.1) is 0 Å². The number of Topliss-reactive ketones (excluding diaryl/α,β-unsaturated/α-hetero) is 1. The van der Waals surface area contributed by atoms with E-state index < -0.39 is 17.7 Å². The summed E-state index contributed by atoms with van der Waals surface area (Å²) in [6.45, 7) is 2.75. The first kappa shape index (κ1) is 20.6. The monoisotopic (exact) mass is 442 g/mol. The van der Waals surface area contributed by atoms with E-state index in [0.717, 1.165) is 0 Å². The molecule has 1 aliphatic rings. The summed E-state index contributed by atoms with van der Waals surface area (Å²) in [7, 11) is 0. The number of ketones is 1. The number of aliphatic hydroxyl groups excluding tert-OH is 1. The number of aryl methyl sites for hydroxylation is 2. The number of carbonyl (C=O) groups excluding carboxylic acids is 2. The van der Waals surface area contributed by atoms with Gasteiger partial charge in [0.15, 0.2) is 5.76 Å². The molecule has 0 spiro atoms. The van der Waals surface area contributed by atoms with E-state index in [0.29, 0.717) is 42.1 Å². The SMILES string of the molecule is Cc1nc2ccccn2c1C(O)=C1C(=O)C(=O)N(CCCn2ccnc2)[C@@H]1c1cccnc1. The second-order valence-corrected chi connectivity index (χ2v) is 7.91. The van der Waals surface area contributed by atoms with E-state index in [-0.39, 0.29) is 11.3 Å². The molecule has 1 N–H and O–H groups in total. The van der Waals surface area contributed by atoms with Crippen LogP contribution in [0.25, 0.3) is 11.4 Å². The number of hydrogen-bond acceptors (Lipinski definition) is 6. The average molecular weight is 442 g/mol. The van der Waals surface area contributed by atoms with E-state index >= 15 is 0 Å². The smallest absolute Gasteiger partial charge is 0.295 e. The molecule has 0 saturated carbocycles. The Bertz CT molecular complexity index is 1360. The number of pyridine rings is 2. The van der Waals surface area contributed by atoms with Crippen molar-refractivity contribution in [3.8, 4) is 0 Å². The Hall–Kier alpha value is -4.27. The van der Waals surface area contributed by atoms with Gasteiger partial charge in [-0.25, -0.2) is 9.97 Å². The zero-order valence-electron chi connectivity index (χ0n) is 18.0. The van der Waals surface area contributed by atoms with Gasteiger partial charge in [0.05, 0.1) is 23.6 Å². The highest BCUT2D eigenvalue weighted by molar-refractivity contribution is 6.46. The van der Waals surface area contributed by atoms with Crippen LogP contribution in [0, 0.1) is 6.92 Å². The molecule has 0 radical (unpaired) electrons. The van der Waals surface area contributed by atoms with Crippen LogP contribution in [-0.2, 0) is 16.1 Å². The van der Waals surface area contributed by atoms with Crippen molar-refractivity contribution >= 4 is 23.1 Å². The Morgan fingerprint density at radius 3 is 2.70 bits per heavy atom. The molecule has 0 bridgehead atoms. The van der Waals surface area contributed by atoms with E-state index in [2.05, 4.69) is 15.0 Å². The third kappa shape index (κ3) is 3.57. The molecule has 0 unspecified atom stereocenters. The minimum atomic E-state index is -0.741. The fourth-order valence-corrected chi connectivity index (χ4v) is 4.36. The van der Waals surface area contributed by atoms with Gasteiger partial charge < -0.3 is 14.6 Å². The molecule has 1 amide bonds. The fraction of sp³-hybridized carbons (Fsp3) is 0.208. The minimum absolute atomic E-state index is 0.0457. The van der Waals surface area contributed by atoms with Crippen LogP contribution in [0.2, 0.25) is 0 Å². The van der Waals surface area contributed by atoms with Gasteiger partial charge in [-0.2, -0.15) is 0 Å². The minimum Gasteiger partial charge on any atom is -0.505 e. The van der Waals surface area contributed by atoms with Crippen LogP contribution >= 0.6 is 0 Å². The summed E-state index contributed by atoms with van der Waals surface area (Å²) in [5.41, 5.74) is 2.31. The van der Waals surface area contributed by atoms with Gasteiger partial charge in [-0.1, -0.05) is 12.1 Å². The molecule has 1 atom stereocenters. The maximum Gasteiger partial charge on any atom is 0.295 e. The van der Waals surface area contributed by atoms with Crippen molar-refractivity contribution in [1.82, 2.24) is 28.8 Å². The molecule has 0 aliphatic carbocycles. The summed E-state index contributed by atoms with van der Waals surface area (Å²) >= 11 is 0. The molecule has 9 nitrogen and oxygen atoms in total. The lowest BCUT2D eigenvalue weighted by atomic mass is 9.97. The number of nitrogens with zero attached hydrogens (tertiary/aromatic N) is 6. The van der Waals surface area contributed by atoms with Crippen molar-refractivity contribution in [2.24, 2.45) is 0 Å². The molecule has 9 heteroatoms. The molecular weight excluding hydrogens is 420 g/mol. The number of amides is 1. The number of aromatic nitrogens is 5. The second kappa shape index (κ2) is 8.34. The van der Waals surface area contributed by atoms with Gasteiger partial charge in [0.1, 0.15) is 11.3 Å². The van der Waals surface area contributed by atoms with Crippen LogP contribution < -0.4 is 0 Å². The lowest BCUT2D eigenvalue weighted by Crippen LogP contribution is -2.31. The lowest BCUT2D eigenvalue weighted by Gasteiger charge is -2.25. The Balaban J connectivity index is 1.59. The predicted molar refractivity (Wildman–Crippen MR) is 120 cm³/mol. The molecule has 1 saturated heterocycles. The Kier molecular flexibility index (Phi) is 5.21. The summed E-state index contributed by atoms with van der Waals surface area (Å²) in [6.07, 6.45) is 10.9. The van der Waals surface area contributed by atoms with E-state index in [9.17, 15) is 14.7 Å². The van der Waals surface area contributed by atoms with Crippen molar-refractivity contribution < 1.29 is 14.7 Å².